The zero-order valence-corrected chi connectivity index (χ0v) is 11.7. The Morgan fingerprint density at radius 2 is 1.95 bits per heavy atom. The van der Waals surface area contributed by atoms with Crippen LogP contribution in [0, 0.1) is 6.92 Å². The Bertz CT molecular complexity index is 786. The SMILES string of the molecule is Cc1ccncc1CNc1ccc(-c2cc(=O)[nH][nH]2)cc1. The van der Waals surface area contributed by atoms with Gasteiger partial charge in [0.1, 0.15) is 0 Å². The first-order valence-electron chi connectivity index (χ1n) is 6.74. The summed E-state index contributed by atoms with van der Waals surface area (Å²) in [6, 6.07) is 11.5. The Labute approximate surface area is 122 Å². The van der Waals surface area contributed by atoms with Gasteiger partial charge in [0.25, 0.3) is 5.56 Å². The lowest BCUT2D eigenvalue weighted by Crippen LogP contribution is -2.01. The Hall–Kier alpha value is -2.82. The first kappa shape index (κ1) is 13.2. The number of rotatable bonds is 4. The van der Waals surface area contributed by atoms with E-state index in [0.29, 0.717) is 0 Å². The molecule has 0 bridgehead atoms. The molecule has 0 spiro atoms. The van der Waals surface area contributed by atoms with Crippen LogP contribution in [0.15, 0.2) is 53.6 Å². The number of nitrogens with zero attached hydrogens (tertiary/aromatic N) is 1. The second-order valence-electron chi connectivity index (χ2n) is 4.91. The van der Waals surface area contributed by atoms with E-state index in [9.17, 15) is 4.79 Å². The molecule has 3 aromatic rings. The van der Waals surface area contributed by atoms with Crippen LogP contribution < -0.4 is 10.9 Å². The van der Waals surface area contributed by atoms with Crippen molar-refractivity contribution in [2.24, 2.45) is 0 Å². The van der Waals surface area contributed by atoms with Crippen molar-refractivity contribution in [3.63, 3.8) is 0 Å². The van der Waals surface area contributed by atoms with Gasteiger partial charge in [0.15, 0.2) is 0 Å². The molecule has 0 amide bonds. The van der Waals surface area contributed by atoms with Crippen LogP contribution in [0.1, 0.15) is 11.1 Å². The van der Waals surface area contributed by atoms with Crippen molar-refractivity contribution in [2.75, 3.05) is 5.32 Å². The van der Waals surface area contributed by atoms with Crippen LogP contribution in [-0.4, -0.2) is 15.2 Å². The van der Waals surface area contributed by atoms with Gasteiger partial charge in [-0.05, 0) is 41.8 Å². The molecule has 3 N–H and O–H groups in total. The minimum Gasteiger partial charge on any atom is -0.381 e. The minimum atomic E-state index is -0.126. The molecular formula is C16H16N4O. The predicted molar refractivity (Wildman–Crippen MR) is 83.2 cm³/mol. The summed E-state index contributed by atoms with van der Waals surface area (Å²) in [5.74, 6) is 0. The highest BCUT2D eigenvalue weighted by Crippen LogP contribution is 2.18. The zero-order chi connectivity index (χ0) is 14.7. The maximum atomic E-state index is 11.1. The summed E-state index contributed by atoms with van der Waals surface area (Å²) < 4.78 is 0. The van der Waals surface area contributed by atoms with Gasteiger partial charge < -0.3 is 5.32 Å². The van der Waals surface area contributed by atoms with Crippen LogP contribution in [0.5, 0.6) is 0 Å². The minimum absolute atomic E-state index is 0.126. The number of anilines is 1. The molecule has 0 aliphatic heterocycles. The van der Waals surface area contributed by atoms with Gasteiger partial charge in [-0.2, -0.15) is 0 Å². The Morgan fingerprint density at radius 1 is 1.14 bits per heavy atom. The Balaban J connectivity index is 1.70. The van der Waals surface area contributed by atoms with Gasteiger partial charge in [-0.25, -0.2) is 0 Å². The molecular weight excluding hydrogens is 264 g/mol. The third kappa shape index (κ3) is 3.02. The number of hydrogen-bond donors (Lipinski definition) is 3. The molecule has 0 aliphatic carbocycles. The number of benzene rings is 1. The second-order valence-corrected chi connectivity index (χ2v) is 4.91. The highest BCUT2D eigenvalue weighted by atomic mass is 16.1. The number of hydrogen-bond acceptors (Lipinski definition) is 3. The average molecular weight is 280 g/mol. The van der Waals surface area contributed by atoms with Crippen molar-refractivity contribution < 1.29 is 0 Å². The normalized spacial score (nSPS) is 10.5. The molecule has 1 aromatic carbocycles. The fourth-order valence-electron chi connectivity index (χ4n) is 2.13. The van der Waals surface area contributed by atoms with Gasteiger partial charge in [-0.15, -0.1) is 0 Å². The average Bonchev–Trinajstić information content (AvgIpc) is 2.94. The lowest BCUT2D eigenvalue weighted by molar-refractivity contribution is 1.06. The number of H-pyrrole nitrogens is 2. The first-order valence-corrected chi connectivity index (χ1v) is 6.74. The van der Waals surface area contributed by atoms with Crippen molar-refractivity contribution >= 4 is 5.69 Å². The van der Waals surface area contributed by atoms with E-state index >= 15 is 0 Å². The summed E-state index contributed by atoms with van der Waals surface area (Å²) in [4.78, 5) is 15.3. The van der Waals surface area contributed by atoms with E-state index in [1.54, 1.807) is 12.3 Å². The van der Waals surface area contributed by atoms with Crippen LogP contribution in [0.4, 0.5) is 5.69 Å². The molecule has 0 fully saturated rings. The highest BCUT2D eigenvalue weighted by molar-refractivity contribution is 5.62. The van der Waals surface area contributed by atoms with Crippen molar-refractivity contribution in [1.82, 2.24) is 15.2 Å². The molecule has 0 saturated heterocycles. The van der Waals surface area contributed by atoms with Crippen molar-refractivity contribution in [1.29, 1.82) is 0 Å². The second kappa shape index (κ2) is 5.66. The molecule has 5 heteroatoms. The van der Waals surface area contributed by atoms with Crippen LogP contribution in [0.2, 0.25) is 0 Å². The molecule has 0 aliphatic rings. The summed E-state index contributed by atoms with van der Waals surface area (Å²) in [6.07, 6.45) is 3.67. The summed E-state index contributed by atoms with van der Waals surface area (Å²) in [7, 11) is 0. The fourth-order valence-corrected chi connectivity index (χ4v) is 2.13. The maximum Gasteiger partial charge on any atom is 0.264 e. The largest absolute Gasteiger partial charge is 0.381 e. The molecule has 3 rings (SSSR count). The van der Waals surface area contributed by atoms with E-state index in [2.05, 4.69) is 27.4 Å². The monoisotopic (exact) mass is 280 g/mol. The number of aromatic amines is 2. The van der Waals surface area contributed by atoms with E-state index in [-0.39, 0.29) is 5.56 Å². The molecule has 0 saturated carbocycles. The number of nitrogens with one attached hydrogen (secondary N) is 3. The molecule has 106 valence electrons. The lowest BCUT2D eigenvalue weighted by Gasteiger charge is -2.09. The zero-order valence-electron chi connectivity index (χ0n) is 11.7. The predicted octanol–water partition coefficient (Wildman–Crippen LogP) is 2.69. The fraction of sp³-hybridized carbons (Fsp3) is 0.125. The van der Waals surface area contributed by atoms with Crippen LogP contribution in [0.3, 0.4) is 0 Å². The molecule has 0 atom stereocenters. The first-order chi connectivity index (χ1) is 10.2. The van der Waals surface area contributed by atoms with Crippen LogP contribution in [0.25, 0.3) is 11.3 Å². The molecule has 0 radical (unpaired) electrons. The van der Waals surface area contributed by atoms with E-state index in [0.717, 1.165) is 23.5 Å². The smallest absolute Gasteiger partial charge is 0.264 e. The van der Waals surface area contributed by atoms with Crippen molar-refractivity contribution in [3.05, 3.63) is 70.3 Å². The van der Waals surface area contributed by atoms with Crippen LogP contribution in [-0.2, 0) is 6.54 Å². The van der Waals surface area contributed by atoms with Gasteiger partial charge in [0, 0.05) is 30.7 Å². The molecule has 2 heterocycles. The third-order valence-electron chi connectivity index (χ3n) is 3.42. The standard InChI is InChI=1S/C16H16N4O/c1-11-6-7-17-9-13(11)10-18-14-4-2-12(3-5-14)15-8-16(21)20-19-15/h2-9,18H,10H2,1H3,(H2,19,20,21). The summed E-state index contributed by atoms with van der Waals surface area (Å²) >= 11 is 0. The van der Waals surface area contributed by atoms with Gasteiger partial charge in [0.05, 0.1) is 5.69 Å². The quantitative estimate of drug-likeness (QED) is 0.688. The topological polar surface area (TPSA) is 73.6 Å². The van der Waals surface area contributed by atoms with Crippen molar-refractivity contribution in [3.8, 4) is 11.3 Å². The van der Waals surface area contributed by atoms with Gasteiger partial charge >= 0.3 is 0 Å². The Kier molecular flexibility index (Phi) is 3.55. The van der Waals surface area contributed by atoms with E-state index in [4.69, 9.17) is 0 Å². The maximum absolute atomic E-state index is 11.1. The molecule has 5 nitrogen and oxygen atoms in total. The van der Waals surface area contributed by atoms with Crippen LogP contribution >= 0.6 is 0 Å². The lowest BCUT2D eigenvalue weighted by atomic mass is 10.1. The molecule has 0 unspecified atom stereocenters. The van der Waals surface area contributed by atoms with E-state index in [1.807, 2.05) is 36.5 Å². The highest BCUT2D eigenvalue weighted by Gasteiger charge is 2.01. The summed E-state index contributed by atoms with van der Waals surface area (Å²) in [6.45, 7) is 2.81. The number of aryl methyl sites for hydroxylation is 1. The number of pyridine rings is 1. The van der Waals surface area contributed by atoms with Gasteiger partial charge in [0.2, 0.25) is 0 Å². The van der Waals surface area contributed by atoms with E-state index in [1.165, 1.54) is 11.1 Å². The Morgan fingerprint density at radius 3 is 2.62 bits per heavy atom. The molecule has 2 aromatic heterocycles. The third-order valence-corrected chi connectivity index (χ3v) is 3.42. The van der Waals surface area contributed by atoms with Gasteiger partial charge in [-0.3, -0.25) is 20.0 Å². The summed E-state index contributed by atoms with van der Waals surface area (Å²) in [5.41, 5.74) is 5.06. The molecule has 21 heavy (non-hydrogen) atoms. The van der Waals surface area contributed by atoms with E-state index < -0.39 is 0 Å². The van der Waals surface area contributed by atoms with Gasteiger partial charge in [-0.1, -0.05) is 12.1 Å². The van der Waals surface area contributed by atoms with Crippen molar-refractivity contribution in [2.45, 2.75) is 13.5 Å². The number of aromatic nitrogens is 3. The summed E-state index contributed by atoms with van der Waals surface area (Å²) in [5, 5.41) is 8.74.